The maximum absolute atomic E-state index is 11.0. The van der Waals surface area contributed by atoms with Gasteiger partial charge >= 0.3 is 0 Å². The molecule has 0 fully saturated rings. The van der Waals surface area contributed by atoms with Gasteiger partial charge in [-0.3, -0.25) is 4.55 Å². The summed E-state index contributed by atoms with van der Waals surface area (Å²) in [7, 11) is -4.24. The molecule has 0 atom stereocenters. The van der Waals surface area contributed by atoms with Crippen LogP contribution in [0.3, 0.4) is 0 Å². The van der Waals surface area contributed by atoms with Gasteiger partial charge in [-0.25, -0.2) is 0 Å². The molecule has 0 saturated heterocycles. The fraction of sp³-hybridized carbons (Fsp3) is 0.400. The second kappa shape index (κ2) is 3.50. The molecular weight excluding hydrogens is 214 g/mol. The van der Waals surface area contributed by atoms with Gasteiger partial charge < -0.3 is 5.73 Å². The van der Waals surface area contributed by atoms with E-state index in [4.69, 9.17) is 10.3 Å². The smallest absolute Gasteiger partial charge is 0.296 e. The predicted octanol–water partition coefficient (Wildman–Crippen LogP) is 1.81. The van der Waals surface area contributed by atoms with Gasteiger partial charge in [0.1, 0.15) is 4.90 Å². The zero-order valence-corrected chi connectivity index (χ0v) is 9.80. The Balaban J connectivity index is 3.43. The first-order chi connectivity index (χ1) is 6.62. The van der Waals surface area contributed by atoms with Crippen molar-refractivity contribution in [2.24, 2.45) is 0 Å². The number of nitrogen functional groups attached to an aromatic ring is 1. The van der Waals surface area contributed by atoms with E-state index in [0.717, 1.165) is 5.56 Å². The first-order valence-electron chi connectivity index (χ1n) is 4.50. The Morgan fingerprint density at radius 2 is 1.80 bits per heavy atom. The van der Waals surface area contributed by atoms with E-state index in [2.05, 4.69) is 0 Å². The zero-order chi connectivity index (χ0) is 11.9. The SMILES string of the molecule is CC(C)(C)c1ccc(N)c(S(=O)(=O)O)c1. The van der Waals surface area contributed by atoms with E-state index in [-0.39, 0.29) is 16.0 Å². The summed E-state index contributed by atoms with van der Waals surface area (Å²) in [6.45, 7) is 5.85. The highest BCUT2D eigenvalue weighted by atomic mass is 32.2. The van der Waals surface area contributed by atoms with Crippen molar-refractivity contribution in [2.75, 3.05) is 5.73 Å². The second-order valence-electron chi connectivity index (χ2n) is 4.48. The molecule has 0 heterocycles. The molecule has 15 heavy (non-hydrogen) atoms. The highest BCUT2D eigenvalue weighted by molar-refractivity contribution is 7.86. The lowest BCUT2D eigenvalue weighted by Crippen LogP contribution is -2.13. The highest BCUT2D eigenvalue weighted by Crippen LogP contribution is 2.27. The quantitative estimate of drug-likeness (QED) is 0.568. The zero-order valence-electron chi connectivity index (χ0n) is 8.98. The number of benzene rings is 1. The Labute approximate surface area is 89.9 Å². The third-order valence-corrected chi connectivity index (χ3v) is 3.07. The summed E-state index contributed by atoms with van der Waals surface area (Å²) in [6.07, 6.45) is 0. The number of nitrogens with two attached hydrogens (primary N) is 1. The van der Waals surface area contributed by atoms with E-state index in [1.54, 1.807) is 6.07 Å². The maximum Gasteiger partial charge on any atom is 0.296 e. The molecule has 0 spiro atoms. The van der Waals surface area contributed by atoms with E-state index in [0.29, 0.717) is 0 Å². The Kier molecular flexibility index (Phi) is 2.80. The normalized spacial score (nSPS) is 12.8. The summed E-state index contributed by atoms with van der Waals surface area (Å²) in [5, 5.41) is 0. The van der Waals surface area contributed by atoms with Crippen LogP contribution in [0.5, 0.6) is 0 Å². The summed E-state index contributed by atoms with van der Waals surface area (Å²) in [5.74, 6) is 0. The lowest BCUT2D eigenvalue weighted by Gasteiger charge is -2.19. The van der Waals surface area contributed by atoms with Crippen LogP contribution in [0, 0.1) is 0 Å². The van der Waals surface area contributed by atoms with Crippen molar-refractivity contribution in [3.8, 4) is 0 Å². The fourth-order valence-electron chi connectivity index (χ4n) is 1.22. The summed E-state index contributed by atoms with van der Waals surface area (Å²) in [6, 6.07) is 4.65. The third-order valence-electron chi connectivity index (χ3n) is 2.16. The monoisotopic (exact) mass is 229 g/mol. The van der Waals surface area contributed by atoms with Gasteiger partial charge in [0.25, 0.3) is 10.1 Å². The Bertz CT molecular complexity index is 472. The maximum atomic E-state index is 11.0. The molecule has 84 valence electrons. The molecule has 0 aliphatic heterocycles. The molecule has 3 N–H and O–H groups in total. The Morgan fingerprint density at radius 1 is 1.27 bits per heavy atom. The van der Waals surface area contributed by atoms with E-state index in [9.17, 15) is 8.42 Å². The van der Waals surface area contributed by atoms with E-state index in [1.165, 1.54) is 12.1 Å². The van der Waals surface area contributed by atoms with E-state index in [1.807, 2.05) is 20.8 Å². The molecule has 0 aliphatic rings. The van der Waals surface area contributed by atoms with Crippen LogP contribution in [0.2, 0.25) is 0 Å². The molecule has 0 aromatic heterocycles. The van der Waals surface area contributed by atoms with Gasteiger partial charge in [-0.05, 0) is 23.1 Å². The van der Waals surface area contributed by atoms with Crippen LogP contribution in [0.15, 0.2) is 23.1 Å². The molecule has 0 bridgehead atoms. The van der Waals surface area contributed by atoms with Crippen molar-refractivity contribution in [3.63, 3.8) is 0 Å². The molecule has 1 aromatic rings. The average molecular weight is 229 g/mol. The predicted molar refractivity (Wildman–Crippen MR) is 59.4 cm³/mol. The minimum Gasteiger partial charge on any atom is -0.398 e. The van der Waals surface area contributed by atoms with Crippen molar-refractivity contribution in [2.45, 2.75) is 31.1 Å². The standard InChI is InChI=1S/C10H15NO3S/c1-10(2,3)7-4-5-8(11)9(6-7)15(12,13)14/h4-6H,11H2,1-3H3,(H,12,13,14). The lowest BCUT2D eigenvalue weighted by molar-refractivity contribution is 0.483. The summed E-state index contributed by atoms with van der Waals surface area (Å²) in [4.78, 5) is -0.227. The van der Waals surface area contributed by atoms with Crippen LogP contribution >= 0.6 is 0 Å². The Morgan fingerprint density at radius 3 is 2.20 bits per heavy atom. The molecular formula is C10H15NO3S. The number of anilines is 1. The molecule has 0 radical (unpaired) electrons. The van der Waals surface area contributed by atoms with Crippen LogP contribution in [0.4, 0.5) is 5.69 Å². The first-order valence-corrected chi connectivity index (χ1v) is 5.94. The number of rotatable bonds is 1. The van der Waals surface area contributed by atoms with E-state index >= 15 is 0 Å². The minimum atomic E-state index is -4.24. The van der Waals surface area contributed by atoms with Crippen LogP contribution in [0.25, 0.3) is 0 Å². The van der Waals surface area contributed by atoms with Gasteiger partial charge in [-0.2, -0.15) is 8.42 Å². The van der Waals surface area contributed by atoms with Gasteiger partial charge in [0, 0.05) is 0 Å². The summed E-state index contributed by atoms with van der Waals surface area (Å²) < 4.78 is 31.0. The molecule has 4 nitrogen and oxygen atoms in total. The lowest BCUT2D eigenvalue weighted by atomic mass is 9.87. The van der Waals surface area contributed by atoms with Crippen LogP contribution < -0.4 is 5.73 Å². The summed E-state index contributed by atoms with van der Waals surface area (Å²) >= 11 is 0. The van der Waals surface area contributed by atoms with Gasteiger partial charge in [0.2, 0.25) is 0 Å². The van der Waals surface area contributed by atoms with Crippen LogP contribution in [-0.4, -0.2) is 13.0 Å². The molecule has 5 heteroatoms. The molecule has 0 saturated carbocycles. The fourth-order valence-corrected chi connectivity index (χ4v) is 1.87. The topological polar surface area (TPSA) is 80.4 Å². The highest BCUT2D eigenvalue weighted by Gasteiger charge is 2.19. The van der Waals surface area contributed by atoms with Gasteiger partial charge in [-0.1, -0.05) is 26.8 Å². The molecule has 0 unspecified atom stereocenters. The van der Waals surface area contributed by atoms with Gasteiger partial charge in [0.05, 0.1) is 5.69 Å². The largest absolute Gasteiger partial charge is 0.398 e. The van der Waals surface area contributed by atoms with Crippen LogP contribution in [0.1, 0.15) is 26.3 Å². The van der Waals surface area contributed by atoms with Crippen molar-refractivity contribution in [3.05, 3.63) is 23.8 Å². The molecule has 1 rings (SSSR count). The number of hydrogen-bond donors (Lipinski definition) is 2. The van der Waals surface area contributed by atoms with Crippen LogP contribution in [-0.2, 0) is 15.5 Å². The van der Waals surface area contributed by atoms with Crippen molar-refractivity contribution < 1.29 is 13.0 Å². The first kappa shape index (κ1) is 12.0. The molecule has 1 aromatic carbocycles. The molecule has 0 aliphatic carbocycles. The van der Waals surface area contributed by atoms with Gasteiger partial charge in [0.15, 0.2) is 0 Å². The molecule has 0 amide bonds. The van der Waals surface area contributed by atoms with Crippen molar-refractivity contribution in [1.82, 2.24) is 0 Å². The van der Waals surface area contributed by atoms with E-state index < -0.39 is 10.1 Å². The number of hydrogen-bond acceptors (Lipinski definition) is 3. The average Bonchev–Trinajstić information content (AvgIpc) is 2.00. The summed E-state index contributed by atoms with van der Waals surface area (Å²) in [5.41, 5.74) is 6.16. The minimum absolute atomic E-state index is 0.0606. The van der Waals surface area contributed by atoms with Gasteiger partial charge in [-0.15, -0.1) is 0 Å². The third kappa shape index (κ3) is 2.70. The van der Waals surface area contributed by atoms with Crippen molar-refractivity contribution >= 4 is 15.8 Å². The second-order valence-corrected chi connectivity index (χ2v) is 5.87. The van der Waals surface area contributed by atoms with Crippen molar-refractivity contribution in [1.29, 1.82) is 0 Å². The Hall–Kier alpha value is -1.07.